The highest BCUT2D eigenvalue weighted by Crippen LogP contribution is 2.34. The number of nitrogens with zero attached hydrogens (tertiary/aromatic N) is 3. The average Bonchev–Trinajstić information content (AvgIpc) is 3.58. The van der Waals surface area contributed by atoms with Gasteiger partial charge in [0.2, 0.25) is 5.91 Å². The molecule has 3 N–H and O–H groups in total. The molecule has 0 radical (unpaired) electrons. The zero-order chi connectivity index (χ0) is 23.8. The van der Waals surface area contributed by atoms with Gasteiger partial charge in [0.25, 0.3) is 5.91 Å². The second-order valence-electron chi connectivity index (χ2n) is 9.32. The van der Waals surface area contributed by atoms with Crippen molar-refractivity contribution in [1.29, 1.82) is 0 Å². The smallest absolute Gasteiger partial charge is 0.252 e. The fourth-order valence-corrected chi connectivity index (χ4v) is 5.66. The lowest BCUT2D eigenvalue weighted by Gasteiger charge is -2.35. The van der Waals surface area contributed by atoms with Gasteiger partial charge in [-0.3, -0.25) is 14.4 Å². The molecule has 2 aromatic rings. The number of carbonyl (C=O) groups excluding carboxylic acids is 3. The molecule has 1 saturated carbocycles. The summed E-state index contributed by atoms with van der Waals surface area (Å²) in [7, 11) is 0. The van der Waals surface area contributed by atoms with Gasteiger partial charge in [-0.2, -0.15) is 5.10 Å². The van der Waals surface area contributed by atoms with Gasteiger partial charge in [-0.1, -0.05) is 6.07 Å². The van der Waals surface area contributed by atoms with E-state index in [4.69, 9.17) is 22.1 Å². The van der Waals surface area contributed by atoms with E-state index in [1.54, 1.807) is 41.3 Å². The first-order chi connectivity index (χ1) is 16.4. The van der Waals surface area contributed by atoms with Crippen LogP contribution in [-0.2, 0) is 14.3 Å². The summed E-state index contributed by atoms with van der Waals surface area (Å²) in [6.45, 7) is 0.173. The normalized spacial score (nSPS) is 29.6. The summed E-state index contributed by atoms with van der Waals surface area (Å²) in [5.41, 5.74) is 7.25. The van der Waals surface area contributed by atoms with Gasteiger partial charge < -0.3 is 20.7 Å². The number of ether oxygens (including phenoxy) is 1. The van der Waals surface area contributed by atoms with Crippen LogP contribution in [0.25, 0.3) is 5.69 Å². The highest BCUT2D eigenvalue weighted by molar-refractivity contribution is 6.22. The number of benzene rings is 1. The molecule has 2 amide bonds. The highest BCUT2D eigenvalue weighted by atomic mass is 35.5. The number of hydrogen-bond acceptors (Lipinski definition) is 6. The highest BCUT2D eigenvalue weighted by Gasteiger charge is 2.53. The van der Waals surface area contributed by atoms with Crippen molar-refractivity contribution in [3.05, 3.63) is 48.3 Å². The third-order valence-corrected chi connectivity index (χ3v) is 7.51. The summed E-state index contributed by atoms with van der Waals surface area (Å²) in [4.78, 5) is 41.1. The summed E-state index contributed by atoms with van der Waals surface area (Å²) in [6, 6.07) is 7.50. The largest absolute Gasteiger partial charge is 0.366 e. The van der Waals surface area contributed by atoms with E-state index in [0.717, 1.165) is 31.4 Å². The van der Waals surface area contributed by atoms with Crippen LogP contribution in [0.3, 0.4) is 0 Å². The molecule has 0 unspecified atom stereocenters. The summed E-state index contributed by atoms with van der Waals surface area (Å²) in [6.07, 6.45) is 5.97. The van der Waals surface area contributed by atoms with E-state index in [1.165, 1.54) is 4.90 Å². The number of rotatable bonds is 5. The Kier molecular flexibility index (Phi) is 6.42. The fraction of sp³-hybridized carbons (Fsp3) is 0.500. The number of aromatic nitrogens is 2. The first-order valence-electron chi connectivity index (χ1n) is 11.7. The first kappa shape index (κ1) is 23.0. The number of nitrogens with two attached hydrogens (primary N) is 1. The minimum absolute atomic E-state index is 0.0438. The van der Waals surface area contributed by atoms with Crippen molar-refractivity contribution in [1.82, 2.24) is 20.0 Å². The van der Waals surface area contributed by atoms with Crippen LogP contribution < -0.4 is 11.1 Å². The van der Waals surface area contributed by atoms with Crippen LogP contribution >= 0.6 is 11.6 Å². The lowest BCUT2D eigenvalue weighted by atomic mass is 9.81. The Hall–Kier alpha value is -2.75. The van der Waals surface area contributed by atoms with Crippen molar-refractivity contribution in [2.75, 3.05) is 13.2 Å². The number of Topliss-reactive ketones (excluding diaryl/α,β-unsaturated/α-hetero) is 1. The van der Waals surface area contributed by atoms with E-state index < -0.39 is 23.6 Å². The average molecular weight is 486 g/mol. The Morgan fingerprint density at radius 2 is 2.00 bits per heavy atom. The molecule has 2 saturated heterocycles. The number of halogens is 1. The van der Waals surface area contributed by atoms with Crippen molar-refractivity contribution in [3.63, 3.8) is 0 Å². The van der Waals surface area contributed by atoms with Gasteiger partial charge in [-0.05, 0) is 55.9 Å². The molecule has 10 heteroatoms. The second-order valence-corrected chi connectivity index (χ2v) is 9.88. The third-order valence-electron chi connectivity index (χ3n) is 7.12. The number of ketones is 1. The predicted molar refractivity (Wildman–Crippen MR) is 125 cm³/mol. The van der Waals surface area contributed by atoms with Gasteiger partial charge in [0.1, 0.15) is 24.8 Å². The Labute approximate surface area is 202 Å². The SMILES string of the molecule is NC1CCC([C@H](NC(=O)c2cccc(-n3cccn3)c2)C(=O)N2C[C@H](Cl)[C@H]3OCC(=O)[C@H]32)CC1. The predicted octanol–water partition coefficient (Wildman–Crippen LogP) is 1.27. The Bertz CT molecular complexity index is 1070. The van der Waals surface area contributed by atoms with Crippen LogP contribution in [0.4, 0.5) is 0 Å². The molecule has 9 nitrogen and oxygen atoms in total. The van der Waals surface area contributed by atoms with Crippen molar-refractivity contribution >= 4 is 29.2 Å². The second kappa shape index (κ2) is 9.48. The molecule has 4 atom stereocenters. The standard InChI is InChI=1S/C24H28ClN5O4/c25-18-12-29(21-19(31)13-34-22(18)21)24(33)20(14-5-7-16(26)8-6-14)28-23(32)15-3-1-4-17(11-15)30-10-2-9-27-30/h1-4,9-11,14,16,18,20-22H,5-8,12-13,26H2,(H,28,32)/t14?,16?,18-,20-,21+,22+/m0/s1. The molecule has 1 aliphatic carbocycles. The maximum Gasteiger partial charge on any atom is 0.252 e. The van der Waals surface area contributed by atoms with Crippen LogP contribution in [0.5, 0.6) is 0 Å². The number of amides is 2. The zero-order valence-corrected chi connectivity index (χ0v) is 19.4. The number of alkyl halides is 1. The molecule has 3 heterocycles. The molecule has 1 aromatic carbocycles. The summed E-state index contributed by atoms with van der Waals surface area (Å²) < 4.78 is 7.20. The van der Waals surface area contributed by atoms with Crippen LogP contribution in [-0.4, -0.2) is 75.0 Å². The van der Waals surface area contributed by atoms with Crippen LogP contribution in [0.15, 0.2) is 42.7 Å². The van der Waals surface area contributed by atoms with Crippen LogP contribution in [0.1, 0.15) is 36.0 Å². The molecule has 0 spiro atoms. The van der Waals surface area contributed by atoms with Crippen molar-refractivity contribution in [2.24, 2.45) is 11.7 Å². The van der Waals surface area contributed by atoms with E-state index in [9.17, 15) is 14.4 Å². The van der Waals surface area contributed by atoms with Crippen LogP contribution in [0, 0.1) is 5.92 Å². The van der Waals surface area contributed by atoms with Gasteiger partial charge in [0.15, 0.2) is 5.78 Å². The van der Waals surface area contributed by atoms with Crippen molar-refractivity contribution in [3.8, 4) is 5.69 Å². The summed E-state index contributed by atoms with van der Waals surface area (Å²) >= 11 is 6.41. The Balaban J connectivity index is 1.39. The third kappa shape index (κ3) is 4.35. The molecule has 34 heavy (non-hydrogen) atoms. The van der Waals surface area contributed by atoms with E-state index in [0.29, 0.717) is 5.56 Å². The Morgan fingerprint density at radius 1 is 1.21 bits per heavy atom. The monoisotopic (exact) mass is 485 g/mol. The van der Waals surface area contributed by atoms with E-state index in [-0.39, 0.29) is 42.7 Å². The van der Waals surface area contributed by atoms with E-state index in [1.807, 2.05) is 6.07 Å². The number of likely N-dealkylation sites (tertiary alicyclic amines) is 1. The van der Waals surface area contributed by atoms with Crippen molar-refractivity contribution in [2.45, 2.75) is 55.3 Å². The first-order valence-corrected chi connectivity index (χ1v) is 12.1. The van der Waals surface area contributed by atoms with Gasteiger partial charge in [-0.15, -0.1) is 11.6 Å². The molecular weight excluding hydrogens is 458 g/mol. The number of hydrogen-bond donors (Lipinski definition) is 2. The molecule has 3 fully saturated rings. The van der Waals surface area contributed by atoms with Gasteiger partial charge in [0, 0.05) is 30.5 Å². The summed E-state index contributed by atoms with van der Waals surface area (Å²) in [5, 5.41) is 6.73. The maximum absolute atomic E-state index is 13.8. The lowest BCUT2D eigenvalue weighted by molar-refractivity contribution is -0.139. The number of fused-ring (bicyclic) bond motifs is 1. The van der Waals surface area contributed by atoms with Gasteiger partial charge in [-0.25, -0.2) is 4.68 Å². The van der Waals surface area contributed by atoms with Crippen LogP contribution in [0.2, 0.25) is 0 Å². The van der Waals surface area contributed by atoms with Crippen molar-refractivity contribution < 1.29 is 19.1 Å². The quantitative estimate of drug-likeness (QED) is 0.615. The molecular formula is C24H28ClN5O4. The molecule has 5 rings (SSSR count). The molecule has 1 aromatic heterocycles. The molecule has 0 bridgehead atoms. The van der Waals surface area contributed by atoms with Gasteiger partial charge >= 0.3 is 0 Å². The minimum Gasteiger partial charge on any atom is -0.366 e. The minimum atomic E-state index is -0.774. The molecule has 180 valence electrons. The van der Waals surface area contributed by atoms with E-state index in [2.05, 4.69) is 10.4 Å². The molecule has 2 aliphatic heterocycles. The number of nitrogens with one attached hydrogen (secondary N) is 1. The molecule has 3 aliphatic rings. The topological polar surface area (TPSA) is 120 Å². The van der Waals surface area contributed by atoms with E-state index >= 15 is 0 Å². The number of carbonyl (C=O) groups is 3. The van der Waals surface area contributed by atoms with Gasteiger partial charge in [0.05, 0.1) is 11.1 Å². The lowest BCUT2D eigenvalue weighted by Crippen LogP contribution is -2.55. The maximum atomic E-state index is 13.8. The zero-order valence-electron chi connectivity index (χ0n) is 18.7. The fourth-order valence-electron chi connectivity index (χ4n) is 5.30. The Morgan fingerprint density at radius 3 is 2.74 bits per heavy atom. The summed E-state index contributed by atoms with van der Waals surface area (Å²) in [5.74, 6) is -0.858.